The molecule has 2 aromatic rings. The smallest absolute Gasteiger partial charge is 0.226 e. The van der Waals surface area contributed by atoms with E-state index in [1.54, 1.807) is 0 Å². The van der Waals surface area contributed by atoms with Gasteiger partial charge in [0.1, 0.15) is 0 Å². The fourth-order valence-corrected chi connectivity index (χ4v) is 6.16. The van der Waals surface area contributed by atoms with Crippen LogP contribution in [0.1, 0.15) is 31.0 Å². The van der Waals surface area contributed by atoms with E-state index in [4.69, 9.17) is 0 Å². The van der Waals surface area contributed by atoms with Crippen molar-refractivity contribution in [3.8, 4) is 0 Å². The molecule has 6 heteroatoms. The molecule has 5 nitrogen and oxygen atoms in total. The second-order valence-electron chi connectivity index (χ2n) is 7.25. The van der Waals surface area contributed by atoms with E-state index < -0.39 is 9.84 Å². The summed E-state index contributed by atoms with van der Waals surface area (Å²) >= 11 is 0. The van der Waals surface area contributed by atoms with E-state index in [9.17, 15) is 13.2 Å². The standard InChI is InChI=1S/C19H24N2O3S/c1-2-21(14-9-10-25(23,24)12-14)19(22)13-7-8-18-16(11-13)15-5-3-4-6-17(15)20-18/h3-6,13-14,20H,2,7-12H2,1H3. The summed E-state index contributed by atoms with van der Waals surface area (Å²) in [5.41, 5.74) is 3.64. The number of hydrogen-bond acceptors (Lipinski definition) is 3. The lowest BCUT2D eigenvalue weighted by atomic mass is 9.85. The van der Waals surface area contributed by atoms with Crippen molar-refractivity contribution in [1.29, 1.82) is 0 Å². The number of aromatic amines is 1. The van der Waals surface area contributed by atoms with Gasteiger partial charge in [0, 0.05) is 35.1 Å². The molecule has 1 amide bonds. The molecule has 2 atom stereocenters. The van der Waals surface area contributed by atoms with Crippen molar-refractivity contribution in [1.82, 2.24) is 9.88 Å². The average Bonchev–Trinajstić information content (AvgIpc) is 3.14. The van der Waals surface area contributed by atoms with Gasteiger partial charge in [0.15, 0.2) is 9.84 Å². The number of H-pyrrole nitrogens is 1. The lowest BCUT2D eigenvalue weighted by Gasteiger charge is -2.32. The summed E-state index contributed by atoms with van der Waals surface area (Å²) in [6, 6.07) is 8.09. The van der Waals surface area contributed by atoms with Gasteiger partial charge in [-0.3, -0.25) is 4.79 Å². The molecule has 1 aromatic heterocycles. The lowest BCUT2D eigenvalue weighted by molar-refractivity contribution is -0.137. The normalized spacial score (nSPS) is 25.0. The van der Waals surface area contributed by atoms with Crippen LogP contribution < -0.4 is 0 Å². The number of nitrogens with one attached hydrogen (secondary N) is 1. The minimum Gasteiger partial charge on any atom is -0.358 e. The summed E-state index contributed by atoms with van der Waals surface area (Å²) in [6.07, 6.45) is 3.02. The second kappa shape index (κ2) is 6.16. The Morgan fingerprint density at radius 3 is 2.80 bits per heavy atom. The number of para-hydroxylation sites is 1. The minimum absolute atomic E-state index is 0.0463. The van der Waals surface area contributed by atoms with Gasteiger partial charge in [-0.15, -0.1) is 0 Å². The third-order valence-electron chi connectivity index (χ3n) is 5.72. The van der Waals surface area contributed by atoms with Crippen molar-refractivity contribution < 1.29 is 13.2 Å². The number of hydrogen-bond donors (Lipinski definition) is 1. The van der Waals surface area contributed by atoms with Crippen LogP contribution >= 0.6 is 0 Å². The van der Waals surface area contributed by atoms with Gasteiger partial charge in [-0.2, -0.15) is 0 Å². The summed E-state index contributed by atoms with van der Waals surface area (Å²) < 4.78 is 23.6. The van der Waals surface area contributed by atoms with Crippen molar-refractivity contribution in [2.24, 2.45) is 5.92 Å². The number of carbonyl (C=O) groups excluding carboxylic acids is 1. The first kappa shape index (κ1) is 16.6. The molecule has 2 heterocycles. The number of rotatable bonds is 3. The van der Waals surface area contributed by atoms with Crippen LogP contribution in [0.15, 0.2) is 24.3 Å². The zero-order valence-corrected chi connectivity index (χ0v) is 15.3. The Kier molecular flexibility index (Phi) is 4.10. The first-order chi connectivity index (χ1) is 12.0. The minimum atomic E-state index is -2.98. The highest BCUT2D eigenvalue weighted by Crippen LogP contribution is 2.33. The topological polar surface area (TPSA) is 70.2 Å². The van der Waals surface area contributed by atoms with E-state index in [1.165, 1.54) is 16.6 Å². The predicted octanol–water partition coefficient (Wildman–Crippen LogP) is 2.31. The summed E-state index contributed by atoms with van der Waals surface area (Å²) in [4.78, 5) is 18.4. The van der Waals surface area contributed by atoms with E-state index >= 15 is 0 Å². The molecule has 4 rings (SSSR count). The molecule has 1 N–H and O–H groups in total. The monoisotopic (exact) mass is 360 g/mol. The van der Waals surface area contributed by atoms with Crippen LogP contribution in [0, 0.1) is 5.92 Å². The predicted molar refractivity (Wildman–Crippen MR) is 98.3 cm³/mol. The quantitative estimate of drug-likeness (QED) is 0.913. The number of nitrogens with zero attached hydrogens (tertiary/aromatic N) is 1. The molecule has 1 aliphatic heterocycles. The molecule has 0 radical (unpaired) electrons. The number of amides is 1. The van der Waals surface area contributed by atoms with Gasteiger partial charge >= 0.3 is 0 Å². The highest BCUT2D eigenvalue weighted by atomic mass is 32.2. The molecule has 1 fully saturated rings. The highest BCUT2D eigenvalue weighted by Gasteiger charge is 2.37. The Morgan fingerprint density at radius 2 is 2.08 bits per heavy atom. The number of sulfone groups is 1. The van der Waals surface area contributed by atoms with Gasteiger partial charge in [-0.25, -0.2) is 8.42 Å². The van der Waals surface area contributed by atoms with Crippen molar-refractivity contribution in [3.63, 3.8) is 0 Å². The first-order valence-electron chi connectivity index (χ1n) is 9.08. The van der Waals surface area contributed by atoms with Crippen LogP contribution in [0.4, 0.5) is 0 Å². The molecule has 0 saturated carbocycles. The molecule has 1 aromatic carbocycles. The maximum absolute atomic E-state index is 13.1. The van der Waals surface area contributed by atoms with Crippen molar-refractivity contribution in [2.75, 3.05) is 18.1 Å². The van der Waals surface area contributed by atoms with E-state index in [-0.39, 0.29) is 29.4 Å². The molecular formula is C19H24N2O3S. The fraction of sp³-hybridized carbons (Fsp3) is 0.526. The summed E-state index contributed by atoms with van der Waals surface area (Å²) in [5.74, 6) is 0.409. The molecular weight excluding hydrogens is 336 g/mol. The Bertz CT molecular complexity index is 916. The van der Waals surface area contributed by atoms with Crippen LogP contribution in [-0.4, -0.2) is 48.3 Å². The Labute approximate surface area is 148 Å². The summed E-state index contributed by atoms with van der Waals surface area (Å²) in [7, 11) is -2.98. The largest absolute Gasteiger partial charge is 0.358 e. The van der Waals surface area contributed by atoms with E-state index in [2.05, 4.69) is 17.1 Å². The van der Waals surface area contributed by atoms with Crippen LogP contribution in [0.3, 0.4) is 0 Å². The third kappa shape index (κ3) is 2.97. The van der Waals surface area contributed by atoms with E-state index in [1.807, 2.05) is 24.0 Å². The second-order valence-corrected chi connectivity index (χ2v) is 9.48. The number of aromatic nitrogens is 1. The summed E-state index contributed by atoms with van der Waals surface area (Å²) in [5, 5.41) is 1.21. The Morgan fingerprint density at radius 1 is 1.28 bits per heavy atom. The maximum atomic E-state index is 13.1. The SMILES string of the molecule is CCN(C(=O)C1CCc2[nH]c3ccccc3c2C1)C1CCS(=O)(=O)C1. The number of fused-ring (bicyclic) bond motifs is 3. The molecule has 0 bridgehead atoms. The maximum Gasteiger partial charge on any atom is 0.226 e. The lowest BCUT2D eigenvalue weighted by Crippen LogP contribution is -2.45. The van der Waals surface area contributed by atoms with Crippen molar-refractivity contribution >= 4 is 26.6 Å². The van der Waals surface area contributed by atoms with Crippen LogP contribution in [0.2, 0.25) is 0 Å². The molecule has 25 heavy (non-hydrogen) atoms. The molecule has 1 saturated heterocycles. The summed E-state index contributed by atoms with van der Waals surface area (Å²) in [6.45, 7) is 2.53. The van der Waals surface area contributed by atoms with Crippen LogP contribution in [-0.2, 0) is 27.5 Å². The molecule has 1 aliphatic carbocycles. The molecule has 134 valence electrons. The van der Waals surface area contributed by atoms with Gasteiger partial charge in [-0.05, 0) is 44.2 Å². The number of benzene rings is 1. The molecule has 0 spiro atoms. The van der Waals surface area contributed by atoms with Gasteiger partial charge in [0.05, 0.1) is 11.5 Å². The van der Waals surface area contributed by atoms with Gasteiger partial charge in [0.2, 0.25) is 5.91 Å². The molecule has 2 aliphatic rings. The van der Waals surface area contributed by atoms with E-state index in [0.717, 1.165) is 24.8 Å². The van der Waals surface area contributed by atoms with Gasteiger partial charge in [0.25, 0.3) is 0 Å². The first-order valence-corrected chi connectivity index (χ1v) is 10.9. The number of carbonyl (C=O) groups is 1. The van der Waals surface area contributed by atoms with Crippen LogP contribution in [0.25, 0.3) is 10.9 Å². The van der Waals surface area contributed by atoms with Crippen molar-refractivity contribution in [2.45, 2.75) is 38.6 Å². The van der Waals surface area contributed by atoms with Gasteiger partial charge in [-0.1, -0.05) is 18.2 Å². The fourth-order valence-electron chi connectivity index (χ4n) is 4.43. The Hall–Kier alpha value is -1.82. The Balaban J connectivity index is 1.57. The van der Waals surface area contributed by atoms with E-state index in [0.29, 0.717) is 13.0 Å². The van der Waals surface area contributed by atoms with Gasteiger partial charge < -0.3 is 9.88 Å². The third-order valence-corrected chi connectivity index (χ3v) is 7.47. The van der Waals surface area contributed by atoms with Crippen molar-refractivity contribution in [3.05, 3.63) is 35.5 Å². The average molecular weight is 360 g/mol. The van der Waals surface area contributed by atoms with Crippen LogP contribution in [0.5, 0.6) is 0 Å². The zero-order chi connectivity index (χ0) is 17.6. The highest BCUT2D eigenvalue weighted by molar-refractivity contribution is 7.91. The number of aryl methyl sites for hydroxylation is 1. The molecule has 2 unspecified atom stereocenters. The zero-order valence-electron chi connectivity index (χ0n) is 14.5.